The SMILES string of the molecule is OCC1(Cc2cccc(F)c2)CCCOC1. The first-order valence-electron chi connectivity index (χ1n) is 5.67. The maximum absolute atomic E-state index is 13.1. The molecule has 0 amide bonds. The first-order valence-corrected chi connectivity index (χ1v) is 5.67. The number of benzene rings is 1. The van der Waals surface area contributed by atoms with Crippen molar-refractivity contribution in [2.75, 3.05) is 19.8 Å². The molecule has 0 aliphatic carbocycles. The predicted octanol–water partition coefficient (Wildman–Crippen LogP) is 2.16. The molecule has 0 saturated carbocycles. The topological polar surface area (TPSA) is 29.5 Å². The van der Waals surface area contributed by atoms with Crippen LogP contribution < -0.4 is 0 Å². The van der Waals surface area contributed by atoms with Gasteiger partial charge in [-0.25, -0.2) is 4.39 Å². The zero-order valence-electron chi connectivity index (χ0n) is 9.29. The summed E-state index contributed by atoms with van der Waals surface area (Å²) in [6.07, 6.45) is 2.59. The lowest BCUT2D eigenvalue weighted by atomic mass is 9.78. The van der Waals surface area contributed by atoms with Gasteiger partial charge in [-0.15, -0.1) is 0 Å². The minimum Gasteiger partial charge on any atom is -0.396 e. The van der Waals surface area contributed by atoms with Gasteiger partial charge in [-0.2, -0.15) is 0 Å². The molecule has 1 aromatic carbocycles. The lowest BCUT2D eigenvalue weighted by molar-refractivity contribution is -0.0379. The molecule has 1 aliphatic heterocycles. The molecule has 3 heteroatoms. The second kappa shape index (κ2) is 4.93. The monoisotopic (exact) mass is 224 g/mol. The smallest absolute Gasteiger partial charge is 0.123 e. The van der Waals surface area contributed by atoms with E-state index in [0.29, 0.717) is 13.0 Å². The summed E-state index contributed by atoms with van der Waals surface area (Å²) in [5, 5.41) is 9.50. The Balaban J connectivity index is 2.11. The second-order valence-corrected chi connectivity index (χ2v) is 4.62. The Bertz CT molecular complexity index is 346. The third-order valence-electron chi connectivity index (χ3n) is 3.21. The summed E-state index contributed by atoms with van der Waals surface area (Å²) in [4.78, 5) is 0. The van der Waals surface area contributed by atoms with Crippen LogP contribution in [0, 0.1) is 11.2 Å². The van der Waals surface area contributed by atoms with Gasteiger partial charge in [-0.05, 0) is 37.0 Å². The highest BCUT2D eigenvalue weighted by Crippen LogP contribution is 2.32. The van der Waals surface area contributed by atoms with Crippen molar-refractivity contribution in [2.45, 2.75) is 19.3 Å². The Morgan fingerprint density at radius 3 is 2.94 bits per heavy atom. The van der Waals surface area contributed by atoms with E-state index in [1.165, 1.54) is 12.1 Å². The van der Waals surface area contributed by atoms with Crippen molar-refractivity contribution in [1.82, 2.24) is 0 Å². The van der Waals surface area contributed by atoms with Crippen molar-refractivity contribution in [3.8, 4) is 0 Å². The summed E-state index contributed by atoms with van der Waals surface area (Å²) in [5.74, 6) is -0.220. The van der Waals surface area contributed by atoms with Crippen molar-refractivity contribution >= 4 is 0 Å². The van der Waals surface area contributed by atoms with Crippen LogP contribution in [0.15, 0.2) is 24.3 Å². The normalized spacial score (nSPS) is 25.6. The highest BCUT2D eigenvalue weighted by Gasteiger charge is 2.32. The van der Waals surface area contributed by atoms with Gasteiger partial charge in [0.1, 0.15) is 5.82 Å². The van der Waals surface area contributed by atoms with E-state index in [-0.39, 0.29) is 17.8 Å². The van der Waals surface area contributed by atoms with E-state index in [1.807, 2.05) is 6.07 Å². The number of aliphatic hydroxyl groups excluding tert-OH is 1. The fraction of sp³-hybridized carbons (Fsp3) is 0.538. The molecule has 1 unspecified atom stereocenters. The number of halogens is 1. The summed E-state index contributed by atoms with van der Waals surface area (Å²) in [6, 6.07) is 6.58. The lowest BCUT2D eigenvalue weighted by Crippen LogP contribution is -2.37. The van der Waals surface area contributed by atoms with Crippen LogP contribution in [-0.2, 0) is 11.2 Å². The Hall–Kier alpha value is -0.930. The van der Waals surface area contributed by atoms with Crippen molar-refractivity contribution in [3.63, 3.8) is 0 Å². The van der Waals surface area contributed by atoms with E-state index < -0.39 is 0 Å². The zero-order valence-corrected chi connectivity index (χ0v) is 9.29. The van der Waals surface area contributed by atoms with Gasteiger partial charge in [-0.3, -0.25) is 0 Å². The van der Waals surface area contributed by atoms with Gasteiger partial charge in [-0.1, -0.05) is 12.1 Å². The summed E-state index contributed by atoms with van der Waals surface area (Å²) in [6.45, 7) is 1.44. The standard InChI is InChI=1S/C13H17FO2/c14-12-4-1-3-11(7-12)8-13(9-15)5-2-6-16-10-13/h1,3-4,7,15H,2,5-6,8-10H2. The fourth-order valence-electron chi connectivity index (χ4n) is 2.31. The summed E-state index contributed by atoms with van der Waals surface area (Å²) < 4.78 is 18.5. The molecule has 16 heavy (non-hydrogen) atoms. The molecule has 2 rings (SSSR count). The number of hydrogen-bond acceptors (Lipinski definition) is 2. The molecule has 0 radical (unpaired) electrons. The quantitative estimate of drug-likeness (QED) is 0.852. The van der Waals surface area contributed by atoms with Gasteiger partial charge in [0, 0.05) is 12.0 Å². The van der Waals surface area contributed by atoms with Crippen molar-refractivity contribution < 1.29 is 14.2 Å². The lowest BCUT2D eigenvalue weighted by Gasteiger charge is -2.35. The molecule has 0 bridgehead atoms. The molecule has 2 nitrogen and oxygen atoms in total. The minimum absolute atomic E-state index is 0.101. The molecule has 1 N–H and O–H groups in total. The molecule has 1 aliphatic rings. The van der Waals surface area contributed by atoms with Crippen molar-refractivity contribution in [3.05, 3.63) is 35.6 Å². The van der Waals surface area contributed by atoms with Crippen LogP contribution >= 0.6 is 0 Å². The van der Waals surface area contributed by atoms with Crippen LogP contribution in [0.5, 0.6) is 0 Å². The average Bonchev–Trinajstić information content (AvgIpc) is 2.30. The molecular weight excluding hydrogens is 207 g/mol. The third kappa shape index (κ3) is 2.60. The van der Waals surface area contributed by atoms with Crippen LogP contribution in [0.3, 0.4) is 0 Å². The number of ether oxygens (including phenoxy) is 1. The number of aliphatic hydroxyl groups is 1. The van der Waals surface area contributed by atoms with Gasteiger partial charge < -0.3 is 9.84 Å². The largest absolute Gasteiger partial charge is 0.396 e. The fourth-order valence-corrected chi connectivity index (χ4v) is 2.31. The first kappa shape index (κ1) is 11.6. The van der Waals surface area contributed by atoms with E-state index in [1.54, 1.807) is 6.07 Å². The highest BCUT2D eigenvalue weighted by molar-refractivity contribution is 5.18. The van der Waals surface area contributed by atoms with Crippen LogP contribution in [-0.4, -0.2) is 24.9 Å². The molecule has 0 aromatic heterocycles. The third-order valence-corrected chi connectivity index (χ3v) is 3.21. The van der Waals surface area contributed by atoms with E-state index in [2.05, 4.69) is 0 Å². The average molecular weight is 224 g/mol. The Kier molecular flexibility index (Phi) is 3.56. The molecule has 1 heterocycles. The van der Waals surface area contributed by atoms with Gasteiger partial charge in [0.05, 0.1) is 13.2 Å². The highest BCUT2D eigenvalue weighted by atomic mass is 19.1. The van der Waals surface area contributed by atoms with Crippen molar-refractivity contribution in [2.24, 2.45) is 5.41 Å². The van der Waals surface area contributed by atoms with E-state index in [0.717, 1.165) is 25.0 Å². The summed E-state index contributed by atoms with van der Waals surface area (Å²) >= 11 is 0. The van der Waals surface area contributed by atoms with E-state index in [4.69, 9.17) is 4.74 Å². The molecule has 1 saturated heterocycles. The Morgan fingerprint density at radius 2 is 2.31 bits per heavy atom. The molecule has 1 atom stereocenters. The minimum atomic E-state index is -0.220. The van der Waals surface area contributed by atoms with Crippen LogP contribution in [0.2, 0.25) is 0 Å². The van der Waals surface area contributed by atoms with Crippen LogP contribution in [0.1, 0.15) is 18.4 Å². The molecule has 88 valence electrons. The predicted molar refractivity (Wildman–Crippen MR) is 59.7 cm³/mol. The summed E-state index contributed by atoms with van der Waals surface area (Å²) in [7, 11) is 0. The van der Waals surface area contributed by atoms with E-state index in [9.17, 15) is 9.50 Å². The maximum Gasteiger partial charge on any atom is 0.123 e. The second-order valence-electron chi connectivity index (χ2n) is 4.62. The number of hydrogen-bond donors (Lipinski definition) is 1. The van der Waals surface area contributed by atoms with Crippen molar-refractivity contribution in [1.29, 1.82) is 0 Å². The molecule has 0 spiro atoms. The van der Waals surface area contributed by atoms with Gasteiger partial charge >= 0.3 is 0 Å². The molecule has 1 aromatic rings. The van der Waals surface area contributed by atoms with Gasteiger partial charge in [0.2, 0.25) is 0 Å². The maximum atomic E-state index is 13.1. The van der Waals surface area contributed by atoms with Gasteiger partial charge in [0.25, 0.3) is 0 Å². The van der Waals surface area contributed by atoms with Crippen LogP contribution in [0.4, 0.5) is 4.39 Å². The first-order chi connectivity index (χ1) is 7.74. The Labute approximate surface area is 95.1 Å². The summed E-state index contributed by atoms with van der Waals surface area (Å²) in [5.41, 5.74) is 0.714. The molecular formula is C13H17FO2. The zero-order chi connectivity index (χ0) is 11.4. The Morgan fingerprint density at radius 1 is 1.44 bits per heavy atom. The van der Waals surface area contributed by atoms with Gasteiger partial charge in [0.15, 0.2) is 0 Å². The molecule has 1 fully saturated rings. The number of rotatable bonds is 3. The van der Waals surface area contributed by atoms with E-state index >= 15 is 0 Å². The van der Waals surface area contributed by atoms with Crippen LogP contribution in [0.25, 0.3) is 0 Å².